The maximum Gasteiger partial charge on any atom is 0.338 e. The van der Waals surface area contributed by atoms with E-state index in [9.17, 15) is 18.0 Å². The minimum atomic E-state index is -3.81. The molecule has 1 aromatic heterocycles. The molecule has 2 rings (SSSR count). The largest absolute Gasteiger partial charge is 0.462 e. The van der Waals surface area contributed by atoms with Crippen molar-refractivity contribution >= 4 is 59.6 Å². The van der Waals surface area contributed by atoms with Gasteiger partial charge in [0.25, 0.3) is 16.0 Å². The topological polar surface area (TPSA) is 113 Å². The number of carbonyl (C=O) groups excluding carboxylic acids is 2. The zero-order valence-electron chi connectivity index (χ0n) is 24.4. The standard InChI is InChI=1S/C25H43BrN2O8SSi2/c1-9-35-25(30)19-10-11-27(17-33-12-14-38(3,4)5)24(29)22-21(19)20(16-36-37(2,31)32)23(26)28(22)18-34-13-15-39(6,7)8/h10H,9,11-18H2,1-8H3. The Morgan fingerprint density at radius 1 is 1.03 bits per heavy atom. The third-order valence-corrected chi connectivity index (χ3v) is 10.8. The molecule has 0 aliphatic carbocycles. The monoisotopic (exact) mass is 666 g/mol. The van der Waals surface area contributed by atoms with E-state index in [-0.39, 0.29) is 56.0 Å². The minimum Gasteiger partial charge on any atom is -0.462 e. The molecule has 0 saturated carbocycles. The minimum absolute atomic E-state index is 0.0262. The van der Waals surface area contributed by atoms with E-state index in [1.807, 2.05) is 0 Å². The summed E-state index contributed by atoms with van der Waals surface area (Å²) < 4.78 is 48.0. The quantitative estimate of drug-likeness (QED) is 0.114. The van der Waals surface area contributed by atoms with E-state index >= 15 is 0 Å². The van der Waals surface area contributed by atoms with Crippen molar-refractivity contribution in [2.24, 2.45) is 0 Å². The first-order valence-corrected chi connectivity index (χ1v) is 23.0. The lowest BCUT2D eigenvalue weighted by Gasteiger charge is -2.23. The van der Waals surface area contributed by atoms with Gasteiger partial charge in [0, 0.05) is 47.0 Å². The van der Waals surface area contributed by atoms with Crippen molar-refractivity contribution in [2.45, 2.75) is 71.6 Å². The molecule has 0 bridgehead atoms. The molecule has 14 heteroatoms. The molecule has 1 aliphatic rings. The van der Waals surface area contributed by atoms with Gasteiger partial charge in [0.1, 0.15) is 19.2 Å². The van der Waals surface area contributed by atoms with Crippen LogP contribution < -0.4 is 0 Å². The second-order valence-electron chi connectivity index (χ2n) is 11.9. The maximum atomic E-state index is 14.0. The number of hydrogen-bond donors (Lipinski definition) is 0. The molecular weight excluding hydrogens is 624 g/mol. The van der Waals surface area contributed by atoms with E-state index in [0.29, 0.717) is 23.4 Å². The summed E-state index contributed by atoms with van der Waals surface area (Å²) in [4.78, 5) is 28.6. The molecule has 10 nitrogen and oxygen atoms in total. The molecule has 0 fully saturated rings. The number of fused-ring (bicyclic) bond motifs is 1. The van der Waals surface area contributed by atoms with E-state index in [2.05, 4.69) is 55.2 Å². The van der Waals surface area contributed by atoms with Gasteiger partial charge >= 0.3 is 5.97 Å². The number of hydrogen-bond acceptors (Lipinski definition) is 8. The van der Waals surface area contributed by atoms with Crippen LogP contribution in [0.5, 0.6) is 0 Å². The van der Waals surface area contributed by atoms with Crippen molar-refractivity contribution in [1.82, 2.24) is 9.47 Å². The zero-order chi connectivity index (χ0) is 29.6. The van der Waals surface area contributed by atoms with Crippen LogP contribution in [0.2, 0.25) is 51.4 Å². The van der Waals surface area contributed by atoms with Gasteiger partial charge < -0.3 is 23.7 Å². The normalized spacial score (nSPS) is 14.7. The first-order chi connectivity index (χ1) is 17.9. The SMILES string of the molecule is CCOC(=O)C1=CCN(COCC[Si](C)(C)C)C(=O)c2c1c(COS(C)(=O)=O)c(Br)n2COCC[Si](C)(C)C. The maximum absolute atomic E-state index is 14.0. The number of aromatic nitrogens is 1. The second-order valence-corrected chi connectivity index (χ2v) is 25.6. The lowest BCUT2D eigenvalue weighted by Crippen LogP contribution is -2.35. The van der Waals surface area contributed by atoms with Crippen LogP contribution in [0, 0.1) is 0 Å². The Labute approximate surface area is 243 Å². The lowest BCUT2D eigenvalue weighted by molar-refractivity contribution is -0.136. The van der Waals surface area contributed by atoms with Crippen molar-refractivity contribution in [3.05, 3.63) is 27.5 Å². The molecule has 0 saturated heterocycles. The average Bonchev–Trinajstić information content (AvgIpc) is 2.97. The molecule has 1 aliphatic heterocycles. The number of rotatable bonds is 15. The number of halogens is 1. The first kappa shape index (κ1) is 33.9. The summed E-state index contributed by atoms with van der Waals surface area (Å²) in [5.41, 5.74) is 0.969. The summed E-state index contributed by atoms with van der Waals surface area (Å²) in [5, 5.41) is 0. The van der Waals surface area contributed by atoms with Gasteiger partial charge in [0.05, 0.1) is 29.6 Å². The molecule has 39 heavy (non-hydrogen) atoms. The van der Waals surface area contributed by atoms with Crippen LogP contribution in [0.25, 0.3) is 5.57 Å². The van der Waals surface area contributed by atoms with E-state index in [1.165, 1.54) is 4.90 Å². The summed E-state index contributed by atoms with van der Waals surface area (Å²) in [6.07, 6.45) is 2.57. The van der Waals surface area contributed by atoms with Crippen LogP contribution in [-0.2, 0) is 46.6 Å². The summed E-state index contributed by atoms with van der Waals surface area (Å²) in [7, 11) is -6.49. The number of ether oxygens (including phenoxy) is 3. The van der Waals surface area contributed by atoms with E-state index in [4.69, 9.17) is 18.4 Å². The Hall–Kier alpha value is -1.30. The Kier molecular flexibility index (Phi) is 12.2. The molecule has 0 atom stereocenters. The van der Waals surface area contributed by atoms with Crippen molar-refractivity contribution in [3.8, 4) is 0 Å². The van der Waals surface area contributed by atoms with Crippen LogP contribution in [0.15, 0.2) is 10.7 Å². The lowest BCUT2D eigenvalue weighted by atomic mass is 10.0. The number of nitrogens with zero attached hydrogens (tertiary/aromatic N) is 2. The molecule has 222 valence electrons. The van der Waals surface area contributed by atoms with Crippen molar-refractivity contribution in [3.63, 3.8) is 0 Å². The van der Waals surface area contributed by atoms with Crippen LogP contribution in [0.3, 0.4) is 0 Å². The van der Waals surface area contributed by atoms with Gasteiger partial charge in [0.15, 0.2) is 0 Å². The highest BCUT2D eigenvalue weighted by molar-refractivity contribution is 9.10. The predicted octanol–water partition coefficient (Wildman–Crippen LogP) is 4.75. The summed E-state index contributed by atoms with van der Waals surface area (Å²) in [6.45, 7) is 16.2. The Morgan fingerprint density at radius 2 is 1.59 bits per heavy atom. The fourth-order valence-electron chi connectivity index (χ4n) is 3.70. The van der Waals surface area contributed by atoms with Crippen molar-refractivity contribution < 1.29 is 36.4 Å². The van der Waals surface area contributed by atoms with Gasteiger partial charge in [-0.1, -0.05) is 39.3 Å². The van der Waals surface area contributed by atoms with Gasteiger partial charge in [0.2, 0.25) is 0 Å². The average molecular weight is 668 g/mol. The molecule has 0 aromatic carbocycles. The summed E-state index contributed by atoms with van der Waals surface area (Å²) in [5.74, 6) is -0.980. The Morgan fingerprint density at radius 3 is 2.10 bits per heavy atom. The second kappa shape index (κ2) is 14.1. The van der Waals surface area contributed by atoms with Gasteiger partial charge in [-0.05, 0) is 41.0 Å². The van der Waals surface area contributed by atoms with Crippen LogP contribution >= 0.6 is 15.9 Å². The fraction of sp³-hybridized carbons (Fsp3) is 0.680. The molecular formula is C25H43BrN2O8SSi2. The smallest absolute Gasteiger partial charge is 0.338 e. The number of carbonyl (C=O) groups is 2. The molecule has 0 radical (unpaired) electrons. The van der Waals surface area contributed by atoms with E-state index < -0.39 is 32.2 Å². The molecule has 0 spiro atoms. The zero-order valence-corrected chi connectivity index (χ0v) is 28.8. The van der Waals surface area contributed by atoms with Crippen molar-refractivity contribution in [2.75, 3.05) is 39.4 Å². The van der Waals surface area contributed by atoms with Gasteiger partial charge in [-0.15, -0.1) is 0 Å². The van der Waals surface area contributed by atoms with E-state index in [1.54, 1.807) is 17.6 Å². The molecule has 1 aromatic rings. The molecule has 0 N–H and O–H groups in total. The third kappa shape index (κ3) is 10.6. The van der Waals surface area contributed by atoms with Crippen molar-refractivity contribution in [1.29, 1.82) is 0 Å². The highest BCUT2D eigenvalue weighted by Crippen LogP contribution is 2.37. The van der Waals surface area contributed by atoms with Crippen LogP contribution in [-0.4, -0.2) is 85.3 Å². The van der Waals surface area contributed by atoms with Gasteiger partial charge in [-0.2, -0.15) is 8.42 Å². The molecule has 2 heterocycles. The summed E-state index contributed by atoms with van der Waals surface area (Å²) >= 11 is 3.54. The van der Waals surface area contributed by atoms with E-state index in [0.717, 1.165) is 18.3 Å². The first-order valence-electron chi connectivity index (χ1n) is 13.0. The van der Waals surface area contributed by atoms with Gasteiger partial charge in [-0.25, -0.2) is 4.79 Å². The molecule has 1 amide bonds. The molecule has 0 unspecified atom stereocenters. The fourth-order valence-corrected chi connectivity index (χ4v) is 6.14. The third-order valence-electron chi connectivity index (χ3n) is 5.94. The Balaban J connectivity index is 2.56. The number of amides is 1. The van der Waals surface area contributed by atoms with Crippen LogP contribution in [0.1, 0.15) is 28.5 Å². The van der Waals surface area contributed by atoms with Crippen LogP contribution in [0.4, 0.5) is 0 Å². The number of esters is 1. The van der Waals surface area contributed by atoms with Gasteiger partial charge in [-0.3, -0.25) is 8.98 Å². The highest BCUT2D eigenvalue weighted by atomic mass is 79.9. The summed E-state index contributed by atoms with van der Waals surface area (Å²) in [6, 6.07) is 1.88. The highest BCUT2D eigenvalue weighted by Gasteiger charge is 2.36. The predicted molar refractivity (Wildman–Crippen MR) is 160 cm³/mol. The Bertz CT molecular complexity index is 1170.